The standard InChI is InChI=1S/C19H24N4O3/c1-11-16-14(10-15(13-6-7-13)21-18(16)26-22-11)17(24)20-12(2)19(25)23-8-4-3-5-9-23/h10,12-13H,3-9H2,1-2H3,(H,20,24)/t12-/m1/s1. The molecule has 7 heteroatoms. The van der Waals surface area contributed by atoms with Crippen LogP contribution in [0.1, 0.15) is 66.7 Å². The number of carbonyl (C=O) groups is 2. The lowest BCUT2D eigenvalue weighted by molar-refractivity contribution is -0.133. The predicted molar refractivity (Wildman–Crippen MR) is 95.9 cm³/mol. The lowest BCUT2D eigenvalue weighted by Gasteiger charge is -2.29. The van der Waals surface area contributed by atoms with E-state index in [9.17, 15) is 9.59 Å². The molecule has 1 aliphatic carbocycles. The summed E-state index contributed by atoms with van der Waals surface area (Å²) in [5.41, 5.74) is 2.39. The summed E-state index contributed by atoms with van der Waals surface area (Å²) in [5.74, 6) is 0.0972. The van der Waals surface area contributed by atoms with E-state index < -0.39 is 6.04 Å². The predicted octanol–water partition coefficient (Wildman–Crippen LogP) is 2.54. The first-order chi connectivity index (χ1) is 12.5. The van der Waals surface area contributed by atoms with Crippen LogP contribution in [0.5, 0.6) is 0 Å². The number of hydrogen-bond donors (Lipinski definition) is 1. The Kier molecular flexibility index (Phi) is 4.38. The van der Waals surface area contributed by atoms with Gasteiger partial charge in [-0.25, -0.2) is 4.98 Å². The number of piperidine rings is 1. The second-order valence-electron chi connectivity index (χ2n) is 7.40. The quantitative estimate of drug-likeness (QED) is 0.909. The number of rotatable bonds is 4. The summed E-state index contributed by atoms with van der Waals surface area (Å²) < 4.78 is 5.29. The van der Waals surface area contributed by atoms with E-state index in [4.69, 9.17) is 4.52 Å². The van der Waals surface area contributed by atoms with Gasteiger partial charge in [0.05, 0.1) is 16.6 Å². The maximum absolute atomic E-state index is 12.9. The van der Waals surface area contributed by atoms with Crippen LogP contribution in [0.15, 0.2) is 10.6 Å². The zero-order valence-corrected chi connectivity index (χ0v) is 15.2. The van der Waals surface area contributed by atoms with Crippen molar-refractivity contribution in [3.05, 3.63) is 23.0 Å². The van der Waals surface area contributed by atoms with Gasteiger partial charge >= 0.3 is 0 Å². The molecule has 2 fully saturated rings. The highest BCUT2D eigenvalue weighted by Gasteiger charge is 2.30. The topological polar surface area (TPSA) is 88.3 Å². The van der Waals surface area contributed by atoms with Crippen molar-refractivity contribution in [2.75, 3.05) is 13.1 Å². The molecule has 1 atom stereocenters. The monoisotopic (exact) mass is 356 g/mol. The fourth-order valence-electron chi connectivity index (χ4n) is 3.61. The Balaban J connectivity index is 1.57. The van der Waals surface area contributed by atoms with Crippen LogP contribution in [0.25, 0.3) is 11.1 Å². The van der Waals surface area contributed by atoms with Crippen LogP contribution in [0.4, 0.5) is 0 Å². The number of pyridine rings is 1. The molecule has 1 saturated heterocycles. The molecule has 0 bridgehead atoms. The summed E-state index contributed by atoms with van der Waals surface area (Å²) in [4.78, 5) is 31.9. The van der Waals surface area contributed by atoms with Crippen molar-refractivity contribution in [1.29, 1.82) is 0 Å². The Bertz CT molecular complexity index is 850. The van der Waals surface area contributed by atoms with Crippen LogP contribution in [-0.2, 0) is 4.79 Å². The zero-order chi connectivity index (χ0) is 18.3. The van der Waals surface area contributed by atoms with Gasteiger partial charge in [-0.15, -0.1) is 0 Å². The Morgan fingerprint density at radius 1 is 1.27 bits per heavy atom. The molecule has 0 radical (unpaired) electrons. The van der Waals surface area contributed by atoms with Gasteiger partial charge in [-0.3, -0.25) is 9.59 Å². The number of amides is 2. The summed E-state index contributed by atoms with van der Waals surface area (Å²) in [6.45, 7) is 5.09. The largest absolute Gasteiger partial charge is 0.341 e. The van der Waals surface area contributed by atoms with E-state index in [2.05, 4.69) is 15.5 Å². The van der Waals surface area contributed by atoms with E-state index in [0.29, 0.717) is 28.3 Å². The van der Waals surface area contributed by atoms with E-state index in [-0.39, 0.29) is 11.8 Å². The minimum absolute atomic E-state index is 0.0205. The van der Waals surface area contributed by atoms with Crippen molar-refractivity contribution < 1.29 is 14.1 Å². The number of aromatic nitrogens is 2. The van der Waals surface area contributed by atoms with Crippen molar-refractivity contribution in [2.24, 2.45) is 0 Å². The van der Waals surface area contributed by atoms with Gasteiger partial charge in [0.2, 0.25) is 5.91 Å². The van der Waals surface area contributed by atoms with E-state index in [1.54, 1.807) is 13.8 Å². The Labute approximate surface area is 152 Å². The van der Waals surface area contributed by atoms with Crippen LogP contribution in [0.3, 0.4) is 0 Å². The van der Waals surface area contributed by atoms with Crippen molar-refractivity contribution in [3.63, 3.8) is 0 Å². The molecule has 7 nitrogen and oxygen atoms in total. The first-order valence-electron chi connectivity index (χ1n) is 9.41. The van der Waals surface area contributed by atoms with Crippen molar-refractivity contribution >= 4 is 22.9 Å². The van der Waals surface area contributed by atoms with Crippen LogP contribution >= 0.6 is 0 Å². The van der Waals surface area contributed by atoms with Crippen molar-refractivity contribution in [2.45, 2.75) is 57.9 Å². The summed E-state index contributed by atoms with van der Waals surface area (Å²) >= 11 is 0. The molecule has 138 valence electrons. The average molecular weight is 356 g/mol. The average Bonchev–Trinajstić information content (AvgIpc) is 3.44. The number of carbonyl (C=O) groups excluding carboxylic acids is 2. The summed E-state index contributed by atoms with van der Waals surface area (Å²) in [6.07, 6.45) is 5.38. The van der Waals surface area contributed by atoms with E-state index in [0.717, 1.165) is 50.9 Å². The maximum Gasteiger partial charge on any atom is 0.259 e. The van der Waals surface area contributed by atoms with Gasteiger partial charge in [-0.05, 0) is 52.0 Å². The molecule has 1 N–H and O–H groups in total. The third kappa shape index (κ3) is 3.18. The summed E-state index contributed by atoms with van der Waals surface area (Å²) in [7, 11) is 0. The van der Waals surface area contributed by atoms with Crippen molar-refractivity contribution in [3.8, 4) is 0 Å². The fraction of sp³-hybridized carbons (Fsp3) is 0.579. The third-order valence-corrected chi connectivity index (χ3v) is 5.26. The minimum Gasteiger partial charge on any atom is -0.341 e. The third-order valence-electron chi connectivity index (χ3n) is 5.26. The molecular weight excluding hydrogens is 332 g/mol. The lowest BCUT2D eigenvalue weighted by atomic mass is 10.1. The highest BCUT2D eigenvalue weighted by Crippen LogP contribution is 2.40. The van der Waals surface area contributed by atoms with Crippen LogP contribution in [0, 0.1) is 6.92 Å². The molecule has 4 rings (SSSR count). The molecule has 0 aromatic carbocycles. The fourth-order valence-corrected chi connectivity index (χ4v) is 3.61. The molecule has 0 unspecified atom stereocenters. The van der Waals surface area contributed by atoms with Gasteiger partial charge in [0.1, 0.15) is 6.04 Å². The summed E-state index contributed by atoms with van der Waals surface area (Å²) in [6, 6.07) is 1.27. The van der Waals surface area contributed by atoms with Gasteiger partial charge in [0.15, 0.2) is 0 Å². The molecule has 0 spiro atoms. The number of fused-ring (bicyclic) bond motifs is 1. The number of nitrogens with zero attached hydrogens (tertiary/aromatic N) is 3. The number of likely N-dealkylation sites (tertiary alicyclic amines) is 1. The summed E-state index contributed by atoms with van der Waals surface area (Å²) in [5, 5.41) is 7.45. The molecule has 1 saturated carbocycles. The molecule has 2 amide bonds. The van der Waals surface area contributed by atoms with E-state index in [1.165, 1.54) is 0 Å². The molecule has 26 heavy (non-hydrogen) atoms. The number of aryl methyl sites for hydroxylation is 1. The second kappa shape index (κ2) is 6.70. The lowest BCUT2D eigenvalue weighted by Crippen LogP contribution is -2.48. The van der Waals surface area contributed by atoms with Gasteiger partial charge in [0.25, 0.3) is 11.6 Å². The Morgan fingerprint density at radius 3 is 2.69 bits per heavy atom. The molecule has 3 heterocycles. The molecule has 1 aliphatic heterocycles. The zero-order valence-electron chi connectivity index (χ0n) is 15.2. The highest BCUT2D eigenvalue weighted by atomic mass is 16.5. The normalized spacial score (nSPS) is 18.8. The number of nitrogens with one attached hydrogen (secondary N) is 1. The van der Waals surface area contributed by atoms with Gasteiger partial charge in [-0.1, -0.05) is 5.16 Å². The van der Waals surface area contributed by atoms with Crippen LogP contribution in [-0.4, -0.2) is 46.0 Å². The Hall–Kier alpha value is -2.44. The second-order valence-corrected chi connectivity index (χ2v) is 7.40. The van der Waals surface area contributed by atoms with E-state index in [1.807, 2.05) is 11.0 Å². The first kappa shape index (κ1) is 17.0. The van der Waals surface area contributed by atoms with Crippen LogP contribution < -0.4 is 5.32 Å². The molecule has 2 aromatic rings. The van der Waals surface area contributed by atoms with E-state index >= 15 is 0 Å². The maximum atomic E-state index is 12.9. The Morgan fingerprint density at radius 2 is 2.00 bits per heavy atom. The number of hydrogen-bond acceptors (Lipinski definition) is 5. The van der Waals surface area contributed by atoms with Gasteiger partial charge < -0.3 is 14.7 Å². The molecular formula is C19H24N4O3. The SMILES string of the molecule is Cc1noc2nc(C3CC3)cc(C(=O)N[C@H](C)C(=O)N3CCCCC3)c12. The smallest absolute Gasteiger partial charge is 0.259 e. The van der Waals surface area contributed by atoms with Crippen molar-refractivity contribution in [1.82, 2.24) is 20.4 Å². The molecule has 2 aliphatic rings. The van der Waals surface area contributed by atoms with Crippen LogP contribution in [0.2, 0.25) is 0 Å². The van der Waals surface area contributed by atoms with Gasteiger partial charge in [-0.2, -0.15) is 0 Å². The highest BCUT2D eigenvalue weighted by molar-refractivity contribution is 6.07. The minimum atomic E-state index is -0.562. The van der Waals surface area contributed by atoms with Gasteiger partial charge in [0, 0.05) is 24.7 Å². The first-order valence-corrected chi connectivity index (χ1v) is 9.41. The molecule has 2 aromatic heterocycles.